The first-order chi connectivity index (χ1) is 10.1. The topological polar surface area (TPSA) is 84.7 Å². The third kappa shape index (κ3) is 3.91. The lowest BCUT2D eigenvalue weighted by Gasteiger charge is -2.08. The fraction of sp³-hybridized carbons (Fsp3) is 0.385. The summed E-state index contributed by atoms with van der Waals surface area (Å²) in [4.78, 5) is 16.3. The third-order valence-corrected chi connectivity index (χ3v) is 3.05. The summed E-state index contributed by atoms with van der Waals surface area (Å²) in [5.41, 5.74) is 0.452. The molecule has 7 nitrogen and oxygen atoms in total. The Kier molecular flexibility index (Phi) is 5.10. The van der Waals surface area contributed by atoms with Gasteiger partial charge in [-0.1, -0.05) is 11.6 Å². The zero-order valence-corrected chi connectivity index (χ0v) is 12.7. The van der Waals surface area contributed by atoms with Crippen LogP contribution in [0, 0.1) is 0 Å². The molecular formula is C13H17ClN6O. The van der Waals surface area contributed by atoms with E-state index in [-0.39, 0.29) is 11.1 Å². The third-order valence-electron chi connectivity index (χ3n) is 2.86. The number of aryl methyl sites for hydroxylation is 1. The van der Waals surface area contributed by atoms with Crippen LogP contribution in [-0.2, 0) is 13.1 Å². The summed E-state index contributed by atoms with van der Waals surface area (Å²) in [5, 5.41) is 13.9. The Morgan fingerprint density at radius 3 is 2.90 bits per heavy atom. The van der Waals surface area contributed by atoms with Crippen LogP contribution in [0.15, 0.2) is 18.5 Å². The van der Waals surface area contributed by atoms with Crippen molar-refractivity contribution in [2.45, 2.75) is 26.9 Å². The van der Waals surface area contributed by atoms with E-state index in [0.717, 1.165) is 6.54 Å². The number of anilines is 1. The van der Waals surface area contributed by atoms with Crippen molar-refractivity contribution in [2.75, 3.05) is 11.9 Å². The molecular weight excluding hydrogens is 292 g/mol. The summed E-state index contributed by atoms with van der Waals surface area (Å²) in [7, 11) is 0. The van der Waals surface area contributed by atoms with E-state index in [1.807, 2.05) is 18.4 Å². The summed E-state index contributed by atoms with van der Waals surface area (Å²) in [6.45, 7) is 5.70. The molecule has 2 heterocycles. The molecule has 0 atom stereocenters. The zero-order valence-electron chi connectivity index (χ0n) is 11.9. The molecule has 21 heavy (non-hydrogen) atoms. The fourth-order valence-corrected chi connectivity index (χ4v) is 2.05. The predicted octanol–water partition coefficient (Wildman–Crippen LogP) is 1.71. The van der Waals surface area contributed by atoms with Crippen LogP contribution in [0.1, 0.15) is 30.0 Å². The Bertz CT molecular complexity index is 627. The van der Waals surface area contributed by atoms with Gasteiger partial charge in [-0.25, -0.2) is 4.98 Å². The quantitative estimate of drug-likeness (QED) is 0.794. The highest BCUT2D eigenvalue weighted by molar-refractivity contribution is 6.29. The smallest absolute Gasteiger partial charge is 0.251 e. The molecule has 2 aromatic heterocycles. The Labute approximate surface area is 127 Å². The van der Waals surface area contributed by atoms with Gasteiger partial charge in [0.2, 0.25) is 0 Å². The van der Waals surface area contributed by atoms with Crippen molar-refractivity contribution in [2.24, 2.45) is 0 Å². The molecule has 112 valence electrons. The predicted molar refractivity (Wildman–Crippen MR) is 80.3 cm³/mol. The van der Waals surface area contributed by atoms with Crippen molar-refractivity contribution in [1.29, 1.82) is 0 Å². The number of hydrogen-bond acceptors (Lipinski definition) is 5. The minimum Gasteiger partial charge on any atom is -0.370 e. The Hall–Kier alpha value is -2.15. The van der Waals surface area contributed by atoms with Gasteiger partial charge in [-0.15, -0.1) is 10.2 Å². The molecule has 1 amide bonds. The van der Waals surface area contributed by atoms with Gasteiger partial charge in [0.1, 0.15) is 17.3 Å². The Morgan fingerprint density at radius 2 is 2.19 bits per heavy atom. The van der Waals surface area contributed by atoms with E-state index < -0.39 is 0 Å². The number of halogens is 1. The minimum absolute atomic E-state index is 0.232. The zero-order chi connectivity index (χ0) is 15.2. The van der Waals surface area contributed by atoms with Crippen molar-refractivity contribution >= 4 is 23.3 Å². The van der Waals surface area contributed by atoms with Crippen LogP contribution in [0.5, 0.6) is 0 Å². The number of amides is 1. The number of carbonyl (C=O) groups is 1. The van der Waals surface area contributed by atoms with E-state index in [0.29, 0.717) is 30.3 Å². The van der Waals surface area contributed by atoms with Crippen molar-refractivity contribution in [3.05, 3.63) is 35.0 Å². The van der Waals surface area contributed by atoms with Gasteiger partial charge in [-0.2, -0.15) is 0 Å². The molecule has 0 fully saturated rings. The molecule has 0 radical (unpaired) electrons. The normalized spacial score (nSPS) is 10.4. The maximum absolute atomic E-state index is 12.2. The number of aromatic nitrogens is 4. The first-order valence-corrected chi connectivity index (χ1v) is 7.08. The summed E-state index contributed by atoms with van der Waals surface area (Å²) in [6, 6.07) is 3.19. The standard InChI is InChI=1S/C13H17ClN6O/c1-3-15-11-6-9(5-10(14)18-11)13(21)16-7-12-19-17-8-20(12)4-2/h5-6,8H,3-4,7H2,1-2H3,(H,15,18)(H,16,21). The first kappa shape index (κ1) is 15.2. The number of nitrogens with zero attached hydrogens (tertiary/aromatic N) is 4. The molecule has 2 rings (SSSR count). The lowest BCUT2D eigenvalue weighted by molar-refractivity contribution is 0.0949. The van der Waals surface area contributed by atoms with E-state index in [2.05, 4.69) is 25.8 Å². The number of pyridine rings is 1. The molecule has 0 aromatic carbocycles. The van der Waals surface area contributed by atoms with E-state index in [1.165, 1.54) is 6.07 Å². The summed E-state index contributed by atoms with van der Waals surface area (Å²) >= 11 is 5.92. The van der Waals surface area contributed by atoms with Gasteiger partial charge in [-0.3, -0.25) is 4.79 Å². The molecule has 0 aliphatic carbocycles. The van der Waals surface area contributed by atoms with Crippen LogP contribution >= 0.6 is 11.6 Å². The average molecular weight is 309 g/mol. The van der Waals surface area contributed by atoms with Gasteiger partial charge in [-0.05, 0) is 26.0 Å². The highest BCUT2D eigenvalue weighted by Crippen LogP contribution is 2.14. The minimum atomic E-state index is -0.232. The van der Waals surface area contributed by atoms with Gasteiger partial charge in [0.15, 0.2) is 5.82 Å². The number of nitrogens with one attached hydrogen (secondary N) is 2. The van der Waals surface area contributed by atoms with Gasteiger partial charge in [0, 0.05) is 18.7 Å². The second-order valence-corrected chi connectivity index (χ2v) is 4.70. The van der Waals surface area contributed by atoms with Crippen molar-refractivity contribution in [1.82, 2.24) is 25.1 Å². The number of hydrogen-bond donors (Lipinski definition) is 2. The molecule has 2 aromatic rings. The van der Waals surface area contributed by atoms with Crippen LogP contribution in [0.4, 0.5) is 5.82 Å². The van der Waals surface area contributed by atoms with Crippen LogP contribution in [-0.4, -0.2) is 32.2 Å². The maximum atomic E-state index is 12.2. The average Bonchev–Trinajstić information content (AvgIpc) is 2.92. The Morgan fingerprint density at radius 1 is 1.38 bits per heavy atom. The van der Waals surface area contributed by atoms with Crippen LogP contribution in [0.2, 0.25) is 5.15 Å². The van der Waals surface area contributed by atoms with E-state index in [9.17, 15) is 4.79 Å². The van der Waals surface area contributed by atoms with Gasteiger partial charge in [0.05, 0.1) is 6.54 Å². The number of carbonyl (C=O) groups excluding carboxylic acids is 1. The molecule has 0 aliphatic heterocycles. The first-order valence-electron chi connectivity index (χ1n) is 6.70. The second kappa shape index (κ2) is 7.03. The van der Waals surface area contributed by atoms with E-state index in [4.69, 9.17) is 11.6 Å². The number of rotatable bonds is 6. The lowest BCUT2D eigenvalue weighted by Crippen LogP contribution is -2.25. The van der Waals surface area contributed by atoms with Crippen LogP contribution < -0.4 is 10.6 Å². The van der Waals surface area contributed by atoms with E-state index >= 15 is 0 Å². The highest BCUT2D eigenvalue weighted by Gasteiger charge is 2.10. The van der Waals surface area contributed by atoms with Crippen molar-refractivity contribution < 1.29 is 4.79 Å². The van der Waals surface area contributed by atoms with Gasteiger partial charge >= 0.3 is 0 Å². The lowest BCUT2D eigenvalue weighted by atomic mass is 10.2. The molecule has 8 heteroatoms. The fourth-order valence-electron chi connectivity index (χ4n) is 1.84. The highest BCUT2D eigenvalue weighted by atomic mass is 35.5. The summed E-state index contributed by atoms with van der Waals surface area (Å²) < 4.78 is 1.86. The SMILES string of the molecule is CCNc1cc(C(=O)NCc2nncn2CC)cc(Cl)n1. The molecule has 0 saturated heterocycles. The van der Waals surface area contributed by atoms with Crippen molar-refractivity contribution in [3.8, 4) is 0 Å². The molecule has 0 aliphatic rings. The summed E-state index contributed by atoms with van der Waals surface area (Å²) in [6.07, 6.45) is 1.63. The molecule has 0 saturated carbocycles. The van der Waals surface area contributed by atoms with Crippen molar-refractivity contribution in [3.63, 3.8) is 0 Å². The van der Waals surface area contributed by atoms with Crippen LogP contribution in [0.25, 0.3) is 0 Å². The van der Waals surface area contributed by atoms with Gasteiger partial charge < -0.3 is 15.2 Å². The molecule has 0 spiro atoms. The summed E-state index contributed by atoms with van der Waals surface area (Å²) in [5.74, 6) is 1.05. The molecule has 2 N–H and O–H groups in total. The maximum Gasteiger partial charge on any atom is 0.251 e. The second-order valence-electron chi connectivity index (χ2n) is 4.31. The van der Waals surface area contributed by atoms with E-state index in [1.54, 1.807) is 12.4 Å². The van der Waals surface area contributed by atoms with Crippen LogP contribution in [0.3, 0.4) is 0 Å². The molecule has 0 unspecified atom stereocenters. The largest absolute Gasteiger partial charge is 0.370 e. The monoisotopic (exact) mass is 308 g/mol. The van der Waals surface area contributed by atoms with Gasteiger partial charge in [0.25, 0.3) is 5.91 Å². The Balaban J connectivity index is 2.06. The molecule has 0 bridgehead atoms.